The molecule has 3 nitrogen and oxygen atoms in total. The fourth-order valence-corrected chi connectivity index (χ4v) is 4.58. The van der Waals surface area contributed by atoms with Gasteiger partial charge in [0.05, 0.1) is 6.33 Å². The highest BCUT2D eigenvalue weighted by Crippen LogP contribution is 2.15. The van der Waals surface area contributed by atoms with Crippen LogP contribution in [-0.4, -0.2) is 36.5 Å². The molecule has 0 saturated carbocycles. The maximum absolute atomic E-state index is 5.52. The van der Waals surface area contributed by atoms with Crippen LogP contribution in [0.15, 0.2) is 18.7 Å². The average Bonchev–Trinajstić information content (AvgIpc) is 2.76. The second-order valence-electron chi connectivity index (χ2n) is 4.48. The molecular weight excluding hydrogens is 236 g/mol. The summed E-state index contributed by atoms with van der Waals surface area (Å²) in [5, 5.41) is 0. The molecule has 0 atom stereocenters. The molecule has 16 heavy (non-hydrogen) atoms. The lowest BCUT2D eigenvalue weighted by atomic mass is 10.5. The Morgan fingerprint density at radius 3 is 2.81 bits per heavy atom. The summed E-state index contributed by atoms with van der Waals surface area (Å²) in [5.41, 5.74) is 0. The van der Waals surface area contributed by atoms with Crippen LogP contribution in [0.5, 0.6) is 0 Å². The molecule has 0 saturated heterocycles. The van der Waals surface area contributed by atoms with Gasteiger partial charge < -0.3 is 8.99 Å². The third-order valence-corrected chi connectivity index (χ3v) is 6.66. The van der Waals surface area contributed by atoms with Gasteiger partial charge in [0.2, 0.25) is 0 Å². The smallest absolute Gasteiger partial charge is 0.187 e. The van der Waals surface area contributed by atoms with Crippen molar-refractivity contribution in [1.29, 1.82) is 0 Å². The van der Waals surface area contributed by atoms with E-state index in [1.165, 1.54) is 24.0 Å². The van der Waals surface area contributed by atoms with E-state index in [-0.39, 0.29) is 0 Å². The van der Waals surface area contributed by atoms with Crippen molar-refractivity contribution in [2.24, 2.45) is 0 Å². The number of nitrogens with zero attached hydrogens (tertiary/aromatic N) is 2. The first kappa shape index (κ1) is 13.8. The van der Waals surface area contributed by atoms with Crippen molar-refractivity contribution in [3.8, 4) is 0 Å². The van der Waals surface area contributed by atoms with Crippen molar-refractivity contribution in [3.05, 3.63) is 18.7 Å². The van der Waals surface area contributed by atoms with E-state index in [0.717, 1.165) is 6.54 Å². The minimum Gasteiger partial charge on any atom is -0.420 e. The highest BCUT2D eigenvalue weighted by atomic mass is 32.2. The van der Waals surface area contributed by atoms with E-state index < -0.39 is 8.32 Å². The molecule has 0 fully saturated rings. The van der Waals surface area contributed by atoms with E-state index in [0.29, 0.717) is 0 Å². The van der Waals surface area contributed by atoms with Gasteiger partial charge in [0.1, 0.15) is 0 Å². The van der Waals surface area contributed by atoms with Crippen LogP contribution in [0.1, 0.15) is 6.42 Å². The summed E-state index contributed by atoms with van der Waals surface area (Å²) in [5.74, 6) is 2.46. The number of aromatic nitrogens is 2. The topological polar surface area (TPSA) is 27.1 Å². The zero-order valence-electron chi connectivity index (χ0n) is 10.5. The van der Waals surface area contributed by atoms with Gasteiger partial charge in [-0.05, 0) is 37.1 Å². The fourth-order valence-electron chi connectivity index (χ4n) is 1.29. The molecule has 5 heteroatoms. The predicted molar refractivity (Wildman–Crippen MR) is 73.5 cm³/mol. The number of imidazole rings is 1. The number of thioether (sulfide) groups is 1. The van der Waals surface area contributed by atoms with Gasteiger partial charge in [-0.3, -0.25) is 0 Å². The molecule has 0 amide bonds. The molecule has 1 aromatic heterocycles. The van der Waals surface area contributed by atoms with E-state index >= 15 is 0 Å². The standard InChI is InChI=1S/C11H22N2OSSi/c1-14-16(2,3)10-9-15-8-4-6-13-7-5-12-11-13/h5,7,11H,4,6,8-10H2,1-3H3. The first-order valence-corrected chi connectivity index (χ1v) is 10.00. The predicted octanol–water partition coefficient (Wildman–Crippen LogP) is 2.86. The molecule has 1 rings (SSSR count). The number of hydrogen-bond donors (Lipinski definition) is 0. The summed E-state index contributed by atoms with van der Waals surface area (Å²) in [7, 11) is 0.517. The Labute approximate surface area is 104 Å². The maximum atomic E-state index is 5.52. The summed E-state index contributed by atoms with van der Waals surface area (Å²) >= 11 is 2.04. The second-order valence-corrected chi connectivity index (χ2v) is 10.1. The molecular formula is C11H22N2OSSi. The minimum absolute atomic E-state index is 1.08. The lowest BCUT2D eigenvalue weighted by Gasteiger charge is -2.19. The molecule has 1 aromatic rings. The number of rotatable bonds is 8. The molecule has 0 aliphatic carbocycles. The van der Waals surface area contributed by atoms with Crippen molar-refractivity contribution in [2.75, 3.05) is 18.6 Å². The normalized spacial score (nSPS) is 11.9. The highest BCUT2D eigenvalue weighted by molar-refractivity contribution is 7.99. The first-order valence-electron chi connectivity index (χ1n) is 5.73. The summed E-state index contributed by atoms with van der Waals surface area (Å²) < 4.78 is 7.65. The van der Waals surface area contributed by atoms with Gasteiger partial charge in [-0.2, -0.15) is 11.8 Å². The maximum Gasteiger partial charge on any atom is 0.187 e. The largest absolute Gasteiger partial charge is 0.420 e. The molecule has 0 unspecified atom stereocenters. The third-order valence-electron chi connectivity index (χ3n) is 2.67. The molecule has 0 N–H and O–H groups in total. The number of hydrogen-bond acceptors (Lipinski definition) is 3. The summed E-state index contributed by atoms with van der Waals surface area (Å²) in [6.07, 6.45) is 6.95. The quantitative estimate of drug-likeness (QED) is 0.530. The van der Waals surface area contributed by atoms with Crippen LogP contribution in [-0.2, 0) is 11.0 Å². The third kappa shape index (κ3) is 5.72. The SMILES string of the molecule is CO[Si](C)(C)CCSCCCn1ccnc1. The van der Waals surface area contributed by atoms with Gasteiger partial charge in [-0.1, -0.05) is 0 Å². The monoisotopic (exact) mass is 258 g/mol. The Morgan fingerprint density at radius 2 is 2.19 bits per heavy atom. The van der Waals surface area contributed by atoms with Crippen LogP contribution in [0.3, 0.4) is 0 Å². The van der Waals surface area contributed by atoms with E-state index in [1.807, 2.05) is 37.6 Å². The van der Waals surface area contributed by atoms with Crippen LogP contribution >= 0.6 is 11.8 Å². The van der Waals surface area contributed by atoms with E-state index in [2.05, 4.69) is 22.6 Å². The second kappa shape index (κ2) is 7.14. The Kier molecular flexibility index (Phi) is 6.16. The lowest BCUT2D eigenvalue weighted by molar-refractivity contribution is 0.405. The summed E-state index contributed by atoms with van der Waals surface area (Å²) in [6, 6.07) is 1.25. The summed E-state index contributed by atoms with van der Waals surface area (Å²) in [6.45, 7) is 5.64. The van der Waals surface area contributed by atoms with Crippen molar-refractivity contribution < 1.29 is 4.43 Å². The Morgan fingerprint density at radius 1 is 1.38 bits per heavy atom. The Hall–Kier alpha value is -0.263. The van der Waals surface area contributed by atoms with Gasteiger partial charge in [0.25, 0.3) is 0 Å². The van der Waals surface area contributed by atoms with Crippen molar-refractivity contribution in [2.45, 2.75) is 32.1 Å². The summed E-state index contributed by atoms with van der Waals surface area (Å²) in [4.78, 5) is 4.03. The molecule has 0 aromatic carbocycles. The zero-order chi connectivity index (χ0) is 11.9. The molecule has 0 radical (unpaired) electrons. The molecule has 1 heterocycles. The number of aryl methyl sites for hydroxylation is 1. The van der Waals surface area contributed by atoms with Crippen molar-refractivity contribution >= 4 is 20.1 Å². The van der Waals surface area contributed by atoms with Gasteiger partial charge in [0, 0.05) is 26.0 Å². The van der Waals surface area contributed by atoms with Gasteiger partial charge in [0.15, 0.2) is 8.32 Å². The Balaban J connectivity index is 1.96. The first-order chi connectivity index (χ1) is 7.64. The molecule has 0 bridgehead atoms. The van der Waals surface area contributed by atoms with Crippen LogP contribution in [0, 0.1) is 0 Å². The Bertz CT molecular complexity index is 278. The minimum atomic E-state index is -1.33. The van der Waals surface area contributed by atoms with Crippen LogP contribution in [0.2, 0.25) is 19.1 Å². The van der Waals surface area contributed by atoms with Gasteiger partial charge in [-0.15, -0.1) is 0 Å². The molecule has 0 aliphatic rings. The van der Waals surface area contributed by atoms with Crippen molar-refractivity contribution in [1.82, 2.24) is 9.55 Å². The molecule has 92 valence electrons. The van der Waals surface area contributed by atoms with Gasteiger partial charge in [-0.25, -0.2) is 4.98 Å². The van der Waals surface area contributed by atoms with E-state index in [4.69, 9.17) is 4.43 Å². The van der Waals surface area contributed by atoms with Gasteiger partial charge >= 0.3 is 0 Å². The van der Waals surface area contributed by atoms with E-state index in [9.17, 15) is 0 Å². The van der Waals surface area contributed by atoms with Crippen LogP contribution < -0.4 is 0 Å². The lowest BCUT2D eigenvalue weighted by Crippen LogP contribution is -2.28. The van der Waals surface area contributed by atoms with E-state index in [1.54, 1.807) is 0 Å². The highest BCUT2D eigenvalue weighted by Gasteiger charge is 2.19. The fraction of sp³-hybridized carbons (Fsp3) is 0.727. The molecule has 0 spiro atoms. The van der Waals surface area contributed by atoms with Crippen LogP contribution in [0.25, 0.3) is 0 Å². The molecule has 0 aliphatic heterocycles. The van der Waals surface area contributed by atoms with Crippen molar-refractivity contribution in [3.63, 3.8) is 0 Å². The van der Waals surface area contributed by atoms with Crippen LogP contribution in [0.4, 0.5) is 0 Å². The zero-order valence-corrected chi connectivity index (χ0v) is 12.3. The average molecular weight is 258 g/mol.